The third-order valence-corrected chi connectivity index (χ3v) is 2.99. The molecule has 3 N–H and O–H groups in total. The maximum Gasteiger partial charge on any atom is 0.300 e. The Morgan fingerprint density at radius 1 is 1.48 bits per heavy atom. The van der Waals surface area contributed by atoms with Crippen LogP contribution >= 0.6 is 0 Å². The number of nitrogens with zero attached hydrogens (tertiary/aromatic N) is 2. The maximum atomic E-state index is 12.0. The van der Waals surface area contributed by atoms with Gasteiger partial charge in [-0.2, -0.15) is 0 Å². The fourth-order valence-corrected chi connectivity index (χ4v) is 1.93. The van der Waals surface area contributed by atoms with Crippen molar-refractivity contribution in [2.24, 2.45) is 5.84 Å². The van der Waals surface area contributed by atoms with Gasteiger partial charge in [0, 0.05) is 17.3 Å². The highest BCUT2D eigenvalue weighted by Crippen LogP contribution is 2.17. The van der Waals surface area contributed by atoms with Crippen LogP contribution in [-0.2, 0) is 6.54 Å². The number of rotatable bonds is 4. The van der Waals surface area contributed by atoms with Crippen LogP contribution in [0, 0.1) is 13.8 Å². The topological polar surface area (TPSA) is 112 Å². The highest BCUT2D eigenvalue weighted by molar-refractivity contribution is 5.91. The minimum Gasteiger partial charge on any atom is -0.468 e. The molecule has 0 aliphatic heterocycles. The molecule has 8 nitrogen and oxygen atoms in total. The van der Waals surface area contributed by atoms with Crippen molar-refractivity contribution in [1.29, 1.82) is 0 Å². The molecule has 112 valence electrons. The molecule has 0 spiro atoms. The number of aromatic nitrogens is 2. The Morgan fingerprint density at radius 3 is 2.81 bits per heavy atom. The monoisotopic (exact) mass is 292 g/mol. The van der Waals surface area contributed by atoms with Gasteiger partial charge in [0.15, 0.2) is 5.76 Å². The summed E-state index contributed by atoms with van der Waals surface area (Å²) < 4.78 is 11.8. The van der Waals surface area contributed by atoms with Crippen molar-refractivity contribution in [3.8, 4) is 6.01 Å². The predicted octanol–water partition coefficient (Wildman–Crippen LogP) is 0.114. The summed E-state index contributed by atoms with van der Waals surface area (Å²) in [5.41, 5.74) is 2.98. The average Bonchev–Trinajstić information content (AvgIpc) is 2.81. The first-order valence-corrected chi connectivity index (χ1v) is 6.19. The highest BCUT2D eigenvalue weighted by Gasteiger charge is 2.16. The Labute approximate surface area is 120 Å². The Morgan fingerprint density at radius 2 is 2.19 bits per heavy atom. The third kappa shape index (κ3) is 2.95. The molecule has 0 fully saturated rings. The molecule has 0 saturated carbocycles. The fraction of sp³-hybridized carbons (Fsp3) is 0.308. The summed E-state index contributed by atoms with van der Waals surface area (Å²) in [6, 6.07) is 3.14. The normalized spacial score (nSPS) is 10.5. The van der Waals surface area contributed by atoms with Crippen molar-refractivity contribution in [2.75, 3.05) is 7.11 Å². The first-order valence-electron chi connectivity index (χ1n) is 6.19. The number of ether oxygens (including phenoxy) is 1. The van der Waals surface area contributed by atoms with Gasteiger partial charge >= 0.3 is 5.91 Å². The molecule has 2 rings (SSSR count). The second-order valence-corrected chi connectivity index (χ2v) is 4.47. The van der Waals surface area contributed by atoms with Gasteiger partial charge in [0.2, 0.25) is 0 Å². The van der Waals surface area contributed by atoms with Crippen molar-refractivity contribution in [2.45, 2.75) is 20.4 Å². The van der Waals surface area contributed by atoms with Crippen molar-refractivity contribution in [3.63, 3.8) is 0 Å². The summed E-state index contributed by atoms with van der Waals surface area (Å²) in [6.07, 6.45) is 0. The predicted molar refractivity (Wildman–Crippen MR) is 74.0 cm³/mol. The van der Waals surface area contributed by atoms with E-state index in [0.29, 0.717) is 17.0 Å². The zero-order valence-corrected chi connectivity index (χ0v) is 12.0. The molecule has 0 bridgehead atoms. The zero-order valence-electron chi connectivity index (χ0n) is 12.0. The highest BCUT2D eigenvalue weighted by atomic mass is 16.5. The molecule has 2 aromatic heterocycles. The van der Waals surface area contributed by atoms with E-state index in [1.807, 2.05) is 5.43 Å². The minimum atomic E-state index is -0.536. The van der Waals surface area contributed by atoms with E-state index in [2.05, 4.69) is 4.98 Å². The standard InChI is InChI=1S/C13H16N4O4/c1-7-4-11(18)17(13(15-7)20-3)6-9-5-10(12(19)16-14)21-8(9)2/h4-5H,6,14H2,1-3H3,(H,16,19). The van der Waals surface area contributed by atoms with Crippen LogP contribution in [0.2, 0.25) is 0 Å². The summed E-state index contributed by atoms with van der Waals surface area (Å²) in [5, 5.41) is 0. The summed E-state index contributed by atoms with van der Waals surface area (Å²) >= 11 is 0. The van der Waals surface area contributed by atoms with E-state index < -0.39 is 5.91 Å². The van der Waals surface area contributed by atoms with E-state index in [4.69, 9.17) is 15.0 Å². The van der Waals surface area contributed by atoms with Crippen LogP contribution in [0.15, 0.2) is 21.3 Å². The minimum absolute atomic E-state index is 0.0806. The van der Waals surface area contributed by atoms with Crippen LogP contribution in [0.1, 0.15) is 27.6 Å². The van der Waals surface area contributed by atoms with Gasteiger partial charge < -0.3 is 9.15 Å². The third-order valence-electron chi connectivity index (χ3n) is 2.99. The van der Waals surface area contributed by atoms with Crippen LogP contribution in [0.3, 0.4) is 0 Å². The SMILES string of the molecule is COc1nc(C)cc(=O)n1Cc1cc(C(=O)NN)oc1C. The molecule has 0 saturated heterocycles. The summed E-state index contributed by atoms with van der Waals surface area (Å²) in [7, 11) is 1.44. The van der Waals surface area contributed by atoms with Gasteiger partial charge in [0.05, 0.1) is 13.7 Å². The first-order chi connectivity index (χ1) is 9.96. The van der Waals surface area contributed by atoms with Crippen molar-refractivity contribution >= 4 is 5.91 Å². The Bertz CT molecular complexity index is 732. The Kier molecular flexibility index (Phi) is 4.08. The largest absolute Gasteiger partial charge is 0.468 e. The van der Waals surface area contributed by atoms with E-state index in [9.17, 15) is 9.59 Å². The maximum absolute atomic E-state index is 12.0. The fourth-order valence-electron chi connectivity index (χ4n) is 1.93. The van der Waals surface area contributed by atoms with E-state index in [1.54, 1.807) is 13.8 Å². The van der Waals surface area contributed by atoms with Crippen molar-refractivity contribution < 1.29 is 13.9 Å². The Hall–Kier alpha value is -2.61. The number of hydrogen-bond acceptors (Lipinski definition) is 6. The van der Waals surface area contributed by atoms with Crippen LogP contribution < -0.4 is 21.6 Å². The number of nitrogens with two attached hydrogens (primary N) is 1. The van der Waals surface area contributed by atoms with Gasteiger partial charge in [-0.15, -0.1) is 0 Å². The van der Waals surface area contributed by atoms with E-state index in [-0.39, 0.29) is 23.9 Å². The summed E-state index contributed by atoms with van der Waals surface area (Å²) in [5.74, 6) is 5.12. The molecular formula is C13H16N4O4. The van der Waals surface area contributed by atoms with Crippen molar-refractivity contribution in [1.82, 2.24) is 15.0 Å². The number of hydrogen-bond donors (Lipinski definition) is 2. The van der Waals surface area contributed by atoms with Gasteiger partial charge in [-0.3, -0.25) is 19.6 Å². The number of nitrogens with one attached hydrogen (secondary N) is 1. The molecular weight excluding hydrogens is 276 g/mol. The second kappa shape index (κ2) is 5.80. The molecule has 0 unspecified atom stereocenters. The number of nitrogen functional groups attached to an aromatic ring is 1. The molecule has 2 aromatic rings. The van der Waals surface area contributed by atoms with Crippen molar-refractivity contribution in [3.05, 3.63) is 45.3 Å². The zero-order chi connectivity index (χ0) is 15.6. The van der Waals surface area contributed by atoms with E-state index in [1.165, 1.54) is 23.8 Å². The van der Waals surface area contributed by atoms with E-state index >= 15 is 0 Å². The molecule has 0 aliphatic carbocycles. The second-order valence-electron chi connectivity index (χ2n) is 4.47. The number of furan rings is 1. The van der Waals surface area contributed by atoms with Gasteiger partial charge in [0.25, 0.3) is 11.6 Å². The number of hydrazine groups is 1. The molecule has 8 heteroatoms. The first kappa shape index (κ1) is 14.8. The van der Waals surface area contributed by atoms with Gasteiger partial charge in [-0.25, -0.2) is 10.8 Å². The summed E-state index contributed by atoms with van der Waals surface area (Å²) in [6.45, 7) is 3.59. The molecule has 0 aromatic carbocycles. The smallest absolute Gasteiger partial charge is 0.300 e. The molecule has 2 heterocycles. The number of carbonyl (C=O) groups excluding carboxylic acids is 1. The molecule has 0 radical (unpaired) electrons. The van der Waals surface area contributed by atoms with E-state index in [0.717, 1.165) is 0 Å². The number of aryl methyl sites for hydroxylation is 2. The van der Waals surface area contributed by atoms with Gasteiger partial charge in [0.1, 0.15) is 5.76 Å². The van der Waals surface area contributed by atoms with Gasteiger partial charge in [-0.05, 0) is 19.9 Å². The quantitative estimate of drug-likeness (QED) is 0.470. The number of carbonyl (C=O) groups is 1. The molecule has 1 amide bonds. The van der Waals surface area contributed by atoms with Gasteiger partial charge in [-0.1, -0.05) is 0 Å². The lowest BCUT2D eigenvalue weighted by atomic mass is 10.2. The molecule has 0 atom stereocenters. The molecule has 0 aliphatic rings. The Balaban J connectivity index is 2.41. The van der Waals surface area contributed by atoms with Crippen LogP contribution in [0.5, 0.6) is 6.01 Å². The van der Waals surface area contributed by atoms with Crippen LogP contribution in [-0.4, -0.2) is 22.6 Å². The van der Waals surface area contributed by atoms with Crippen LogP contribution in [0.4, 0.5) is 0 Å². The lowest BCUT2D eigenvalue weighted by molar-refractivity contribution is 0.0924. The average molecular weight is 292 g/mol. The van der Waals surface area contributed by atoms with Crippen LogP contribution in [0.25, 0.3) is 0 Å². The molecule has 21 heavy (non-hydrogen) atoms. The summed E-state index contributed by atoms with van der Waals surface area (Å²) in [4.78, 5) is 27.6. The lowest BCUT2D eigenvalue weighted by Gasteiger charge is -2.10. The number of amides is 1. The number of methoxy groups -OCH3 is 1. The lowest BCUT2D eigenvalue weighted by Crippen LogP contribution is -2.29.